The summed E-state index contributed by atoms with van der Waals surface area (Å²) in [7, 11) is 0. The van der Waals surface area contributed by atoms with Crippen molar-refractivity contribution in [3.63, 3.8) is 0 Å². The van der Waals surface area contributed by atoms with Crippen molar-refractivity contribution >= 4 is 10.8 Å². The van der Waals surface area contributed by atoms with E-state index in [2.05, 4.69) is 50.0 Å². The summed E-state index contributed by atoms with van der Waals surface area (Å²) in [5.41, 5.74) is 4.06. The highest BCUT2D eigenvalue weighted by Gasteiger charge is 2.22. The summed E-state index contributed by atoms with van der Waals surface area (Å²) >= 11 is 0. The summed E-state index contributed by atoms with van der Waals surface area (Å²) in [6, 6.07) is 18.4. The van der Waals surface area contributed by atoms with E-state index >= 15 is 4.39 Å². The lowest BCUT2D eigenvalue weighted by molar-refractivity contribution is 0.302. The van der Waals surface area contributed by atoms with Gasteiger partial charge in [-0.15, -0.1) is 0 Å². The van der Waals surface area contributed by atoms with E-state index < -0.39 is 0 Å². The van der Waals surface area contributed by atoms with Crippen LogP contribution in [0.4, 0.5) is 4.39 Å². The summed E-state index contributed by atoms with van der Waals surface area (Å²) < 4.78 is 15.2. The van der Waals surface area contributed by atoms with E-state index in [1.807, 2.05) is 30.3 Å². The van der Waals surface area contributed by atoms with Gasteiger partial charge in [-0.3, -0.25) is 0 Å². The largest absolute Gasteiger partial charge is 0.205 e. The topological polar surface area (TPSA) is 0 Å². The van der Waals surface area contributed by atoms with Crippen LogP contribution in [0.25, 0.3) is 10.8 Å². The molecule has 0 saturated heterocycles. The minimum Gasteiger partial charge on any atom is -0.205 e. The van der Waals surface area contributed by atoms with Crippen molar-refractivity contribution < 1.29 is 4.39 Å². The van der Waals surface area contributed by atoms with Crippen molar-refractivity contribution in [3.05, 3.63) is 82.7 Å². The molecule has 1 fully saturated rings. The number of aryl methyl sites for hydroxylation is 1. The first-order chi connectivity index (χ1) is 16.7. The van der Waals surface area contributed by atoms with E-state index in [1.165, 1.54) is 75.3 Å². The lowest BCUT2D eigenvalue weighted by atomic mass is 9.76. The zero-order chi connectivity index (χ0) is 23.8. The molecule has 0 aromatic heterocycles. The second-order valence-electron chi connectivity index (χ2n) is 10.1. The first-order valence-corrected chi connectivity index (χ1v) is 13.5. The Kier molecular flexibility index (Phi) is 8.81. The van der Waals surface area contributed by atoms with Crippen molar-refractivity contribution in [3.8, 4) is 11.8 Å². The summed E-state index contributed by atoms with van der Waals surface area (Å²) in [6.45, 7) is 4.42. The Hall–Kier alpha value is -2.59. The average Bonchev–Trinajstić information content (AvgIpc) is 2.89. The molecule has 3 aromatic carbocycles. The maximum Gasteiger partial charge on any atom is 0.146 e. The summed E-state index contributed by atoms with van der Waals surface area (Å²) in [5.74, 6) is 7.50. The predicted octanol–water partition coefficient (Wildman–Crippen LogP) is 9.58. The summed E-state index contributed by atoms with van der Waals surface area (Å²) in [4.78, 5) is 0. The van der Waals surface area contributed by atoms with Gasteiger partial charge in [0.1, 0.15) is 5.82 Å². The molecule has 178 valence electrons. The van der Waals surface area contributed by atoms with Gasteiger partial charge in [-0.05, 0) is 78.7 Å². The molecule has 0 unspecified atom stereocenters. The lowest BCUT2D eigenvalue weighted by Crippen LogP contribution is -2.13. The number of fused-ring (bicyclic) bond motifs is 1. The van der Waals surface area contributed by atoms with Gasteiger partial charge in [0.05, 0.1) is 5.56 Å². The normalized spacial score (nSPS) is 18.0. The fourth-order valence-electron chi connectivity index (χ4n) is 5.45. The molecule has 0 atom stereocenters. The fraction of sp³-hybridized carbons (Fsp3) is 0.455. The van der Waals surface area contributed by atoms with Gasteiger partial charge in [-0.1, -0.05) is 101 Å². The van der Waals surface area contributed by atoms with Crippen LogP contribution in [-0.2, 0) is 6.42 Å². The van der Waals surface area contributed by atoms with Crippen molar-refractivity contribution in [1.29, 1.82) is 0 Å². The second-order valence-corrected chi connectivity index (χ2v) is 10.1. The Morgan fingerprint density at radius 3 is 2.29 bits per heavy atom. The molecule has 0 spiro atoms. The molecule has 34 heavy (non-hydrogen) atoms. The molecule has 1 saturated carbocycles. The third-order valence-corrected chi connectivity index (χ3v) is 7.72. The Labute approximate surface area is 206 Å². The number of hydrogen-bond donors (Lipinski definition) is 0. The molecule has 0 radical (unpaired) electrons. The van der Waals surface area contributed by atoms with Gasteiger partial charge in [0.2, 0.25) is 0 Å². The molecule has 0 amide bonds. The molecule has 0 N–H and O–H groups in total. The van der Waals surface area contributed by atoms with Crippen LogP contribution in [-0.4, -0.2) is 0 Å². The molecule has 0 nitrogen and oxygen atoms in total. The second kappa shape index (κ2) is 12.2. The smallest absolute Gasteiger partial charge is 0.146 e. The Balaban J connectivity index is 1.39. The van der Waals surface area contributed by atoms with Crippen LogP contribution in [0.1, 0.15) is 106 Å². The Bertz CT molecular complexity index is 1120. The molecule has 0 heterocycles. The third kappa shape index (κ3) is 6.29. The molecule has 1 heteroatoms. The van der Waals surface area contributed by atoms with Crippen LogP contribution in [0.2, 0.25) is 0 Å². The predicted molar refractivity (Wildman–Crippen MR) is 144 cm³/mol. The number of benzene rings is 3. The van der Waals surface area contributed by atoms with Crippen molar-refractivity contribution in [2.45, 2.75) is 90.4 Å². The van der Waals surface area contributed by atoms with Gasteiger partial charge in [-0.25, -0.2) is 4.39 Å². The highest BCUT2D eigenvalue weighted by molar-refractivity contribution is 5.85. The summed E-state index contributed by atoms with van der Waals surface area (Å²) in [6.07, 6.45) is 14.6. The zero-order valence-corrected chi connectivity index (χ0v) is 21.0. The number of rotatable bonds is 8. The highest BCUT2D eigenvalue weighted by atomic mass is 19.1. The van der Waals surface area contributed by atoms with Crippen LogP contribution >= 0.6 is 0 Å². The van der Waals surface area contributed by atoms with E-state index in [9.17, 15) is 0 Å². The monoisotopic (exact) mass is 454 g/mol. The van der Waals surface area contributed by atoms with Crippen molar-refractivity contribution in [2.24, 2.45) is 5.92 Å². The standard InChI is InChI=1S/C33H39F/c1-3-5-6-7-8-9-26-14-17-28(18-15-26)30-22-23-32-31(24-30)21-20-29(33(32)34)19-16-27-12-10-25(4-2)11-13-27/h10-13,20-24,26,28H,3-9,14-15,17-18H2,1-2H3. The minimum atomic E-state index is -0.200. The maximum atomic E-state index is 15.2. The average molecular weight is 455 g/mol. The summed E-state index contributed by atoms with van der Waals surface area (Å²) in [5, 5.41) is 1.67. The van der Waals surface area contributed by atoms with E-state index in [0.717, 1.165) is 23.3 Å². The van der Waals surface area contributed by atoms with Gasteiger partial charge >= 0.3 is 0 Å². The fourth-order valence-corrected chi connectivity index (χ4v) is 5.45. The highest BCUT2D eigenvalue weighted by Crippen LogP contribution is 2.39. The first-order valence-electron chi connectivity index (χ1n) is 13.5. The zero-order valence-electron chi connectivity index (χ0n) is 21.0. The van der Waals surface area contributed by atoms with Gasteiger partial charge in [0, 0.05) is 10.9 Å². The van der Waals surface area contributed by atoms with Gasteiger partial charge in [0.25, 0.3) is 0 Å². The van der Waals surface area contributed by atoms with Gasteiger partial charge in [-0.2, -0.15) is 0 Å². The molecule has 1 aliphatic rings. The molecule has 3 aromatic rings. The third-order valence-electron chi connectivity index (χ3n) is 7.72. The first kappa shape index (κ1) is 24.5. The molecule has 4 rings (SSSR count). The van der Waals surface area contributed by atoms with E-state index in [-0.39, 0.29) is 5.82 Å². The van der Waals surface area contributed by atoms with Crippen molar-refractivity contribution in [1.82, 2.24) is 0 Å². The molecule has 0 aliphatic heterocycles. The Morgan fingerprint density at radius 1 is 0.794 bits per heavy atom. The number of hydrogen-bond acceptors (Lipinski definition) is 0. The Morgan fingerprint density at radius 2 is 1.56 bits per heavy atom. The number of unbranched alkanes of at least 4 members (excludes halogenated alkanes) is 4. The van der Waals surface area contributed by atoms with Gasteiger partial charge < -0.3 is 0 Å². The molecule has 0 bridgehead atoms. The van der Waals surface area contributed by atoms with E-state index in [1.54, 1.807) is 0 Å². The van der Waals surface area contributed by atoms with E-state index in [4.69, 9.17) is 0 Å². The van der Waals surface area contributed by atoms with E-state index in [0.29, 0.717) is 16.9 Å². The quantitative estimate of drug-likeness (QED) is 0.235. The van der Waals surface area contributed by atoms with Crippen LogP contribution in [0, 0.1) is 23.6 Å². The minimum absolute atomic E-state index is 0.200. The molecular weight excluding hydrogens is 415 g/mol. The van der Waals surface area contributed by atoms with Crippen LogP contribution in [0.5, 0.6) is 0 Å². The maximum absolute atomic E-state index is 15.2. The lowest BCUT2D eigenvalue weighted by Gasteiger charge is -2.29. The molecule has 1 aliphatic carbocycles. The van der Waals surface area contributed by atoms with Gasteiger partial charge in [0.15, 0.2) is 0 Å². The van der Waals surface area contributed by atoms with Crippen LogP contribution in [0.15, 0.2) is 54.6 Å². The van der Waals surface area contributed by atoms with Crippen LogP contribution in [0.3, 0.4) is 0 Å². The van der Waals surface area contributed by atoms with Crippen molar-refractivity contribution in [2.75, 3.05) is 0 Å². The SMILES string of the molecule is CCCCCCCC1CCC(c2ccc3c(F)c(C#Cc4ccc(CC)cc4)ccc3c2)CC1. The molecular formula is C33H39F. The number of halogens is 1. The van der Waals surface area contributed by atoms with Crippen LogP contribution < -0.4 is 0 Å².